The van der Waals surface area contributed by atoms with Crippen LogP contribution < -0.4 is 0 Å². The van der Waals surface area contributed by atoms with Crippen LogP contribution in [0.4, 0.5) is 22.0 Å². The molecule has 0 amide bonds. The number of halogens is 5. The van der Waals surface area contributed by atoms with Gasteiger partial charge in [0.25, 0.3) is 0 Å². The zero-order valence-corrected chi connectivity index (χ0v) is 29.5. The summed E-state index contributed by atoms with van der Waals surface area (Å²) in [7, 11) is 0. The van der Waals surface area contributed by atoms with Crippen molar-refractivity contribution in [1.29, 1.82) is 0 Å². The van der Waals surface area contributed by atoms with E-state index in [1.807, 2.05) is 146 Å². The summed E-state index contributed by atoms with van der Waals surface area (Å²) < 4.78 is 80.1. The van der Waals surface area contributed by atoms with Crippen LogP contribution in [0.25, 0.3) is 88.4 Å². The fourth-order valence-corrected chi connectivity index (χ4v) is 8.21. The summed E-state index contributed by atoms with van der Waals surface area (Å²) in [6, 6.07) is 51.9. The van der Waals surface area contributed by atoms with E-state index >= 15 is 22.0 Å². The van der Waals surface area contributed by atoms with Crippen molar-refractivity contribution in [3.8, 4) is 44.8 Å². The van der Waals surface area contributed by atoms with Crippen LogP contribution in [0.2, 0.25) is 0 Å². The molecule has 0 atom stereocenters. The van der Waals surface area contributed by atoms with Crippen molar-refractivity contribution in [1.82, 2.24) is 9.13 Å². The molecule has 2 nitrogen and oxygen atoms in total. The molecule has 0 aliphatic carbocycles. The molecule has 56 heavy (non-hydrogen) atoms. The number of benzene rings is 8. The van der Waals surface area contributed by atoms with Gasteiger partial charge in [0.15, 0.2) is 0 Å². The average molecular weight is 741 g/mol. The fraction of sp³-hybridized carbons (Fsp3) is 0.0204. The molecule has 2 aromatic heterocycles. The van der Waals surface area contributed by atoms with Crippen LogP contribution >= 0.6 is 0 Å². The Kier molecular flexibility index (Phi) is 7.68. The van der Waals surface area contributed by atoms with Gasteiger partial charge in [-0.25, -0.2) is 8.78 Å². The number of hydrogen-bond acceptors (Lipinski definition) is 0. The number of alkyl halides is 3. The molecule has 8 aromatic carbocycles. The minimum atomic E-state index is -4.77. The van der Waals surface area contributed by atoms with Crippen LogP contribution in [0.15, 0.2) is 176 Å². The van der Waals surface area contributed by atoms with E-state index in [9.17, 15) is 0 Å². The average Bonchev–Trinajstić information content (AvgIpc) is 3.72. The first-order valence-corrected chi connectivity index (χ1v) is 18.1. The first-order valence-electron chi connectivity index (χ1n) is 18.1. The predicted molar refractivity (Wildman–Crippen MR) is 216 cm³/mol. The Hall–Kier alpha value is -6.99. The fourth-order valence-electron chi connectivity index (χ4n) is 8.21. The lowest BCUT2D eigenvalue weighted by molar-refractivity contribution is -0.137. The highest BCUT2D eigenvalue weighted by Gasteiger charge is 2.34. The second-order valence-corrected chi connectivity index (χ2v) is 13.9. The molecule has 10 rings (SSSR count). The van der Waals surface area contributed by atoms with Crippen LogP contribution in [0.1, 0.15) is 5.56 Å². The van der Waals surface area contributed by atoms with E-state index in [0.717, 1.165) is 62.0 Å². The van der Waals surface area contributed by atoms with Gasteiger partial charge in [-0.3, -0.25) is 0 Å². The first kappa shape index (κ1) is 33.6. The van der Waals surface area contributed by atoms with Crippen molar-refractivity contribution in [3.63, 3.8) is 0 Å². The van der Waals surface area contributed by atoms with E-state index in [2.05, 4.69) is 0 Å². The number of nitrogens with zero attached hydrogens (tertiary/aromatic N) is 2. The summed E-state index contributed by atoms with van der Waals surface area (Å²) in [5.41, 5.74) is 6.13. The summed E-state index contributed by atoms with van der Waals surface area (Å²) >= 11 is 0. The molecule has 2 heterocycles. The van der Waals surface area contributed by atoms with Crippen molar-refractivity contribution >= 4 is 43.6 Å². The molecular formula is C49H29F5N2. The lowest BCUT2D eigenvalue weighted by Gasteiger charge is -2.23. The largest absolute Gasteiger partial charge is 0.416 e. The highest BCUT2D eigenvalue weighted by atomic mass is 19.4. The number of hydrogen-bond donors (Lipinski definition) is 0. The summed E-state index contributed by atoms with van der Waals surface area (Å²) in [6.45, 7) is 0. The number of para-hydroxylation sites is 2. The van der Waals surface area contributed by atoms with E-state index in [-0.39, 0.29) is 22.5 Å². The van der Waals surface area contributed by atoms with E-state index < -0.39 is 23.4 Å². The Morgan fingerprint density at radius 3 is 1.20 bits per heavy atom. The highest BCUT2D eigenvalue weighted by Crippen LogP contribution is 2.46. The number of aromatic nitrogens is 2. The monoisotopic (exact) mass is 740 g/mol. The summed E-state index contributed by atoms with van der Waals surface area (Å²) in [6.07, 6.45) is -4.77. The summed E-state index contributed by atoms with van der Waals surface area (Å²) in [4.78, 5) is 0. The van der Waals surface area contributed by atoms with Gasteiger partial charge in [-0.15, -0.1) is 0 Å². The lowest BCUT2D eigenvalue weighted by atomic mass is 9.97. The Morgan fingerprint density at radius 2 is 0.750 bits per heavy atom. The minimum Gasteiger partial charge on any atom is -0.309 e. The predicted octanol–water partition coefficient (Wildman–Crippen LogP) is 14.2. The van der Waals surface area contributed by atoms with Crippen molar-refractivity contribution in [2.24, 2.45) is 0 Å². The van der Waals surface area contributed by atoms with E-state index in [4.69, 9.17) is 0 Å². The molecule has 0 bridgehead atoms. The summed E-state index contributed by atoms with van der Waals surface area (Å²) in [5.74, 6) is -1.69. The van der Waals surface area contributed by atoms with Gasteiger partial charge >= 0.3 is 6.18 Å². The molecule has 0 fully saturated rings. The standard InChI is InChI=1S/C49H29F5N2/c50-36-23-34(24-37(51)29-36)48-46(55-42-17-9-7-15-38(42)40-25-32(19-21-44(40)55)30-11-3-1-4-12-30)27-35(49(52,53)54)28-47(48)56-43-18-10-8-16-39(43)41-26-33(20-22-45(41)56)31-13-5-2-6-14-31/h1-29H. The van der Waals surface area contributed by atoms with Crippen LogP contribution in [0.3, 0.4) is 0 Å². The smallest absolute Gasteiger partial charge is 0.309 e. The van der Waals surface area contributed by atoms with Crippen molar-refractivity contribution in [2.45, 2.75) is 6.18 Å². The molecule has 10 aromatic rings. The quantitative estimate of drug-likeness (QED) is 0.156. The zero-order valence-electron chi connectivity index (χ0n) is 29.5. The number of fused-ring (bicyclic) bond motifs is 6. The third kappa shape index (κ3) is 5.46. The van der Waals surface area contributed by atoms with E-state index in [0.29, 0.717) is 22.1 Å². The SMILES string of the molecule is Fc1cc(F)cc(-c2c(-n3c4ccccc4c4cc(-c5ccccc5)ccc43)cc(C(F)(F)F)cc2-n2c3ccccc3c3cc(-c4ccccc4)ccc32)c1. The molecule has 0 saturated heterocycles. The third-order valence-electron chi connectivity index (χ3n) is 10.6. The van der Waals surface area contributed by atoms with Gasteiger partial charge in [0.05, 0.1) is 39.0 Å². The molecule has 0 radical (unpaired) electrons. The van der Waals surface area contributed by atoms with Gasteiger partial charge in [-0.05, 0) is 88.5 Å². The Labute approximate surface area is 317 Å². The zero-order chi connectivity index (χ0) is 38.1. The van der Waals surface area contributed by atoms with Crippen molar-refractivity contribution < 1.29 is 22.0 Å². The second-order valence-electron chi connectivity index (χ2n) is 13.9. The molecule has 0 saturated carbocycles. The Balaban J connectivity index is 1.36. The number of rotatable bonds is 5. The van der Waals surface area contributed by atoms with Crippen LogP contribution in [0, 0.1) is 11.6 Å². The van der Waals surface area contributed by atoms with E-state index in [1.165, 1.54) is 12.1 Å². The van der Waals surface area contributed by atoms with Crippen LogP contribution in [0.5, 0.6) is 0 Å². The first-order chi connectivity index (χ1) is 27.2. The van der Waals surface area contributed by atoms with Crippen molar-refractivity contribution in [3.05, 3.63) is 193 Å². The molecule has 7 heteroatoms. The topological polar surface area (TPSA) is 9.86 Å². The van der Waals surface area contributed by atoms with Crippen molar-refractivity contribution in [2.75, 3.05) is 0 Å². The van der Waals surface area contributed by atoms with Gasteiger partial charge in [0.1, 0.15) is 11.6 Å². The second kappa shape index (κ2) is 12.8. The normalized spacial score (nSPS) is 12.0. The van der Waals surface area contributed by atoms with Gasteiger partial charge in [-0.1, -0.05) is 109 Å². The van der Waals surface area contributed by atoms with Crippen LogP contribution in [-0.2, 0) is 6.18 Å². The van der Waals surface area contributed by atoms with Gasteiger partial charge < -0.3 is 9.13 Å². The third-order valence-corrected chi connectivity index (χ3v) is 10.6. The van der Waals surface area contributed by atoms with Crippen LogP contribution in [-0.4, -0.2) is 9.13 Å². The molecule has 0 unspecified atom stereocenters. The van der Waals surface area contributed by atoms with Gasteiger partial charge in [0, 0.05) is 33.2 Å². The molecule has 0 N–H and O–H groups in total. The molecular weight excluding hydrogens is 712 g/mol. The van der Waals surface area contributed by atoms with E-state index in [1.54, 1.807) is 9.13 Å². The molecule has 0 aliphatic rings. The molecule has 270 valence electrons. The maximum Gasteiger partial charge on any atom is 0.416 e. The highest BCUT2D eigenvalue weighted by molar-refractivity contribution is 6.13. The summed E-state index contributed by atoms with van der Waals surface area (Å²) in [5, 5.41) is 3.28. The Morgan fingerprint density at radius 1 is 0.339 bits per heavy atom. The minimum absolute atomic E-state index is 0.0971. The van der Waals surface area contributed by atoms with Gasteiger partial charge in [0.2, 0.25) is 0 Å². The maximum atomic E-state index is 15.3. The van der Waals surface area contributed by atoms with Gasteiger partial charge in [-0.2, -0.15) is 13.2 Å². The lowest BCUT2D eigenvalue weighted by Crippen LogP contribution is -2.11. The molecule has 0 spiro atoms. The maximum absolute atomic E-state index is 15.3. The Bertz CT molecular complexity index is 2940. The molecule has 0 aliphatic heterocycles.